The molecule has 3 aromatic carbocycles. The summed E-state index contributed by atoms with van der Waals surface area (Å²) >= 11 is 0. The number of nitrogens with one attached hydrogen (secondary N) is 1. The molecule has 1 atom stereocenters. The van der Waals surface area contributed by atoms with Crippen molar-refractivity contribution >= 4 is 21.8 Å². The third kappa shape index (κ3) is 8.39. The Morgan fingerprint density at radius 3 is 2.15 bits per heavy atom. The number of benzene rings is 3. The quantitative estimate of drug-likeness (QED) is 0.333. The van der Waals surface area contributed by atoms with Crippen LogP contribution in [0.3, 0.4) is 0 Å². The number of ether oxygens (including phenoxy) is 2. The van der Waals surface area contributed by atoms with Gasteiger partial charge in [0.1, 0.15) is 11.8 Å². The molecule has 2 amide bonds. The Balaban J connectivity index is 1.51. The van der Waals surface area contributed by atoms with Gasteiger partial charge >= 0.3 is 0 Å². The number of morpholine rings is 1. The molecule has 0 radical (unpaired) electrons. The van der Waals surface area contributed by atoms with Gasteiger partial charge in [-0.05, 0) is 41.8 Å². The van der Waals surface area contributed by atoms with E-state index in [1.807, 2.05) is 67.6 Å². The molecule has 0 spiro atoms. The lowest BCUT2D eigenvalue weighted by molar-refractivity contribution is -0.142. The van der Waals surface area contributed by atoms with E-state index in [-0.39, 0.29) is 29.9 Å². The fraction of sp³-hybridized carbons (Fsp3) is 0.355. The molecule has 9 nitrogen and oxygen atoms in total. The predicted molar refractivity (Wildman–Crippen MR) is 156 cm³/mol. The molecule has 1 aliphatic rings. The largest absolute Gasteiger partial charge is 0.484 e. The second-order valence-corrected chi connectivity index (χ2v) is 11.7. The van der Waals surface area contributed by atoms with Crippen LogP contribution in [0, 0.1) is 0 Å². The zero-order valence-corrected chi connectivity index (χ0v) is 24.1. The Kier molecular flexibility index (Phi) is 10.9. The van der Waals surface area contributed by atoms with Crippen molar-refractivity contribution in [3.8, 4) is 5.75 Å². The van der Waals surface area contributed by atoms with E-state index >= 15 is 0 Å². The zero-order valence-electron chi connectivity index (χ0n) is 23.3. The summed E-state index contributed by atoms with van der Waals surface area (Å²) < 4.78 is 38.3. The van der Waals surface area contributed by atoms with Crippen molar-refractivity contribution in [1.82, 2.24) is 14.5 Å². The SMILES string of the molecule is CCCNC(=O)[C@H](Cc1ccccc1)N(Cc1ccccc1)C(=O)COc1ccc(S(=O)(=O)N2CCOCC2)cc1. The molecule has 1 saturated heterocycles. The van der Waals surface area contributed by atoms with Gasteiger partial charge in [0.2, 0.25) is 15.9 Å². The van der Waals surface area contributed by atoms with Crippen LogP contribution in [0.4, 0.5) is 0 Å². The van der Waals surface area contributed by atoms with E-state index in [0.29, 0.717) is 45.0 Å². The smallest absolute Gasteiger partial charge is 0.261 e. The van der Waals surface area contributed by atoms with Crippen molar-refractivity contribution in [1.29, 1.82) is 0 Å². The second-order valence-electron chi connectivity index (χ2n) is 9.78. The maximum Gasteiger partial charge on any atom is 0.261 e. The molecule has 218 valence electrons. The van der Waals surface area contributed by atoms with Crippen LogP contribution in [-0.4, -0.2) is 74.9 Å². The van der Waals surface area contributed by atoms with Crippen molar-refractivity contribution in [2.45, 2.75) is 37.2 Å². The van der Waals surface area contributed by atoms with Crippen LogP contribution in [0.2, 0.25) is 0 Å². The monoisotopic (exact) mass is 579 g/mol. The number of carbonyl (C=O) groups excluding carboxylic acids is 2. The lowest BCUT2D eigenvalue weighted by atomic mass is 10.0. The second kappa shape index (κ2) is 14.8. The molecule has 41 heavy (non-hydrogen) atoms. The van der Waals surface area contributed by atoms with Gasteiger partial charge in [0, 0.05) is 32.6 Å². The number of carbonyl (C=O) groups is 2. The maximum absolute atomic E-state index is 13.7. The molecule has 0 aliphatic carbocycles. The van der Waals surface area contributed by atoms with Crippen LogP contribution in [0.25, 0.3) is 0 Å². The van der Waals surface area contributed by atoms with Crippen LogP contribution in [0.1, 0.15) is 24.5 Å². The van der Waals surface area contributed by atoms with Gasteiger partial charge in [0.15, 0.2) is 6.61 Å². The van der Waals surface area contributed by atoms with Crippen molar-refractivity contribution < 1.29 is 27.5 Å². The van der Waals surface area contributed by atoms with E-state index in [0.717, 1.165) is 17.5 Å². The molecule has 10 heteroatoms. The van der Waals surface area contributed by atoms with Crippen LogP contribution in [-0.2, 0) is 37.3 Å². The van der Waals surface area contributed by atoms with Gasteiger partial charge in [0.25, 0.3) is 5.91 Å². The fourth-order valence-electron chi connectivity index (χ4n) is 4.57. The third-order valence-electron chi connectivity index (χ3n) is 6.81. The van der Waals surface area contributed by atoms with Gasteiger partial charge in [-0.15, -0.1) is 0 Å². The predicted octanol–water partition coefficient (Wildman–Crippen LogP) is 3.25. The number of hydrogen-bond acceptors (Lipinski definition) is 6. The highest BCUT2D eigenvalue weighted by molar-refractivity contribution is 7.89. The number of rotatable bonds is 13. The minimum absolute atomic E-state index is 0.152. The normalized spacial score (nSPS) is 14.7. The highest BCUT2D eigenvalue weighted by Crippen LogP contribution is 2.21. The summed E-state index contributed by atoms with van der Waals surface area (Å²) in [6.07, 6.45) is 1.12. The van der Waals surface area contributed by atoms with Crippen LogP contribution in [0.5, 0.6) is 5.75 Å². The Labute approximate surface area is 242 Å². The van der Waals surface area contributed by atoms with Gasteiger partial charge < -0.3 is 19.7 Å². The molecule has 4 rings (SSSR count). The Hall–Kier alpha value is -3.73. The van der Waals surface area contributed by atoms with E-state index in [2.05, 4.69) is 5.32 Å². The van der Waals surface area contributed by atoms with Gasteiger partial charge in [0.05, 0.1) is 18.1 Å². The number of sulfonamides is 1. The van der Waals surface area contributed by atoms with Crippen molar-refractivity contribution in [3.05, 3.63) is 96.1 Å². The van der Waals surface area contributed by atoms with Crippen LogP contribution >= 0.6 is 0 Å². The molecule has 0 bridgehead atoms. The minimum atomic E-state index is -3.64. The van der Waals surface area contributed by atoms with E-state index in [1.54, 1.807) is 4.90 Å². The number of hydrogen-bond donors (Lipinski definition) is 1. The molecular weight excluding hydrogens is 542 g/mol. The minimum Gasteiger partial charge on any atom is -0.484 e. The topological polar surface area (TPSA) is 105 Å². The third-order valence-corrected chi connectivity index (χ3v) is 8.72. The average molecular weight is 580 g/mol. The average Bonchev–Trinajstić information content (AvgIpc) is 3.02. The van der Waals surface area contributed by atoms with Crippen molar-refractivity contribution in [2.24, 2.45) is 0 Å². The van der Waals surface area contributed by atoms with E-state index < -0.39 is 16.1 Å². The summed E-state index contributed by atoms with van der Waals surface area (Å²) in [7, 11) is -3.64. The first kappa shape index (κ1) is 30.2. The van der Waals surface area contributed by atoms with E-state index in [1.165, 1.54) is 28.6 Å². The summed E-state index contributed by atoms with van der Waals surface area (Å²) in [6, 6.07) is 24.4. The molecule has 0 unspecified atom stereocenters. The summed E-state index contributed by atoms with van der Waals surface area (Å²) in [6.45, 7) is 3.75. The molecule has 1 N–H and O–H groups in total. The molecule has 1 aliphatic heterocycles. The first-order valence-electron chi connectivity index (χ1n) is 13.8. The van der Waals surface area contributed by atoms with Crippen molar-refractivity contribution in [2.75, 3.05) is 39.5 Å². The van der Waals surface area contributed by atoms with E-state index in [9.17, 15) is 18.0 Å². The van der Waals surface area contributed by atoms with E-state index in [4.69, 9.17) is 9.47 Å². The Bertz CT molecular complexity index is 1360. The first-order valence-corrected chi connectivity index (χ1v) is 15.3. The molecule has 3 aromatic rings. The van der Waals surface area contributed by atoms with Gasteiger partial charge in [-0.2, -0.15) is 4.31 Å². The zero-order chi connectivity index (χ0) is 29.1. The molecule has 0 aromatic heterocycles. The van der Waals surface area contributed by atoms with Gasteiger partial charge in [-0.3, -0.25) is 9.59 Å². The lowest BCUT2D eigenvalue weighted by Crippen LogP contribution is -2.51. The maximum atomic E-state index is 13.7. The Morgan fingerprint density at radius 2 is 1.54 bits per heavy atom. The highest BCUT2D eigenvalue weighted by atomic mass is 32.2. The summed E-state index contributed by atoms with van der Waals surface area (Å²) in [5.74, 6) is -0.224. The number of nitrogens with zero attached hydrogens (tertiary/aromatic N) is 2. The molecule has 1 fully saturated rings. The van der Waals surface area contributed by atoms with Crippen molar-refractivity contribution in [3.63, 3.8) is 0 Å². The number of amides is 2. The van der Waals surface area contributed by atoms with Crippen LogP contribution in [0.15, 0.2) is 89.8 Å². The fourth-order valence-corrected chi connectivity index (χ4v) is 5.98. The molecule has 0 saturated carbocycles. The summed E-state index contributed by atoms with van der Waals surface area (Å²) in [5.41, 5.74) is 1.83. The summed E-state index contributed by atoms with van der Waals surface area (Å²) in [4.78, 5) is 28.7. The Morgan fingerprint density at radius 1 is 0.927 bits per heavy atom. The molecule has 1 heterocycles. The van der Waals surface area contributed by atoms with Gasteiger partial charge in [-0.1, -0.05) is 67.6 Å². The highest BCUT2D eigenvalue weighted by Gasteiger charge is 2.31. The van der Waals surface area contributed by atoms with Crippen LogP contribution < -0.4 is 10.1 Å². The molecular formula is C31H37N3O6S. The lowest BCUT2D eigenvalue weighted by Gasteiger charge is -2.31. The standard InChI is InChI=1S/C31H37N3O6S/c1-2-17-32-31(36)29(22-25-9-5-3-6-10-25)34(23-26-11-7-4-8-12-26)30(35)24-40-27-13-15-28(16-14-27)41(37,38)33-18-20-39-21-19-33/h3-16,29H,2,17-24H2,1H3,(H,32,36)/t29-/m0/s1. The first-order chi connectivity index (χ1) is 19.9. The summed E-state index contributed by atoms with van der Waals surface area (Å²) in [5, 5.41) is 2.95. The van der Waals surface area contributed by atoms with Gasteiger partial charge in [-0.25, -0.2) is 8.42 Å².